The lowest BCUT2D eigenvalue weighted by Crippen LogP contribution is -2.36. The molecule has 1 aliphatic carbocycles. The Bertz CT molecular complexity index is 473. The van der Waals surface area contributed by atoms with Gasteiger partial charge in [-0.15, -0.1) is 0 Å². The molecule has 4 nitrogen and oxygen atoms in total. The molecule has 0 bridgehead atoms. The highest BCUT2D eigenvalue weighted by atomic mass is 16.3. The van der Waals surface area contributed by atoms with Crippen LogP contribution in [0.4, 0.5) is 0 Å². The lowest BCUT2D eigenvalue weighted by molar-refractivity contribution is -0.131. The van der Waals surface area contributed by atoms with Crippen molar-refractivity contribution in [1.29, 1.82) is 0 Å². The van der Waals surface area contributed by atoms with E-state index in [1.807, 2.05) is 0 Å². The maximum absolute atomic E-state index is 13.0. The summed E-state index contributed by atoms with van der Waals surface area (Å²) in [6, 6.07) is 0. The monoisotopic (exact) mass is 523 g/mol. The third kappa shape index (κ3) is 21.0. The summed E-state index contributed by atoms with van der Waals surface area (Å²) >= 11 is 0. The Morgan fingerprint density at radius 2 is 1.08 bits per heavy atom. The number of nitrogens with zero attached hydrogens (tertiary/aromatic N) is 1. The highest BCUT2D eigenvalue weighted by Crippen LogP contribution is 2.26. The second kappa shape index (κ2) is 25.7. The number of carbonyl (C=O) groups is 1. The van der Waals surface area contributed by atoms with E-state index in [2.05, 4.69) is 24.1 Å². The lowest BCUT2D eigenvalue weighted by Gasteiger charge is -2.31. The zero-order valence-corrected chi connectivity index (χ0v) is 25.3. The van der Waals surface area contributed by atoms with Gasteiger partial charge in [0.15, 0.2) is 0 Å². The van der Waals surface area contributed by atoms with Crippen LogP contribution in [0.3, 0.4) is 0 Å². The molecule has 1 saturated carbocycles. The standard InChI is InChI=1S/C33H66N2O2/c1-3-5-7-9-11-13-18-22-26-35(27-23-19-14-12-10-8-6-4-2)33(37)24-20-16-15-17-21-25-34-30-31-28-32(36)29-31/h31-32,34,36H,3-30H2,1-2H3. The van der Waals surface area contributed by atoms with Crippen molar-refractivity contribution >= 4 is 5.91 Å². The van der Waals surface area contributed by atoms with E-state index in [4.69, 9.17) is 0 Å². The number of nitrogens with one attached hydrogen (secondary N) is 1. The van der Waals surface area contributed by atoms with Crippen LogP contribution in [0, 0.1) is 5.92 Å². The molecule has 0 aromatic rings. The molecule has 1 fully saturated rings. The number of unbranched alkanes of at least 4 members (excludes halogenated alkanes) is 18. The zero-order chi connectivity index (χ0) is 26.8. The molecule has 0 atom stereocenters. The first-order valence-electron chi connectivity index (χ1n) is 16.8. The second-order valence-electron chi connectivity index (χ2n) is 12.0. The first kappa shape index (κ1) is 34.4. The van der Waals surface area contributed by atoms with E-state index in [1.165, 1.54) is 128 Å². The minimum absolute atomic E-state index is 0.0360. The van der Waals surface area contributed by atoms with Gasteiger partial charge in [-0.1, -0.05) is 123 Å². The van der Waals surface area contributed by atoms with Crippen molar-refractivity contribution in [2.45, 2.75) is 174 Å². The molecule has 37 heavy (non-hydrogen) atoms. The van der Waals surface area contributed by atoms with Gasteiger partial charge >= 0.3 is 0 Å². The van der Waals surface area contributed by atoms with Crippen LogP contribution >= 0.6 is 0 Å². The summed E-state index contributed by atoms with van der Waals surface area (Å²) in [7, 11) is 0. The van der Waals surface area contributed by atoms with Crippen LogP contribution in [0.15, 0.2) is 0 Å². The van der Waals surface area contributed by atoms with Crippen LogP contribution in [0.2, 0.25) is 0 Å². The van der Waals surface area contributed by atoms with E-state index < -0.39 is 0 Å². The third-order valence-corrected chi connectivity index (χ3v) is 8.30. The van der Waals surface area contributed by atoms with Gasteiger partial charge in [0.2, 0.25) is 5.91 Å². The van der Waals surface area contributed by atoms with Crippen molar-refractivity contribution in [2.24, 2.45) is 5.92 Å². The molecular weight excluding hydrogens is 456 g/mol. The molecule has 1 amide bonds. The molecule has 1 rings (SSSR count). The molecule has 0 saturated heterocycles. The van der Waals surface area contributed by atoms with E-state index in [1.54, 1.807) is 0 Å². The predicted molar refractivity (Wildman–Crippen MR) is 161 cm³/mol. The largest absolute Gasteiger partial charge is 0.393 e. The van der Waals surface area contributed by atoms with Gasteiger partial charge in [-0.25, -0.2) is 0 Å². The van der Waals surface area contributed by atoms with Crippen molar-refractivity contribution in [3.05, 3.63) is 0 Å². The van der Waals surface area contributed by atoms with Crippen LogP contribution in [0.1, 0.15) is 168 Å². The molecule has 0 aromatic heterocycles. The quantitative estimate of drug-likeness (QED) is 0.101. The van der Waals surface area contributed by atoms with Crippen LogP contribution < -0.4 is 5.32 Å². The SMILES string of the molecule is CCCCCCCCCCN(CCCCCCCCCC)C(=O)CCCCCCCNCC1CC(O)C1. The molecule has 0 radical (unpaired) electrons. The van der Waals surface area contributed by atoms with E-state index >= 15 is 0 Å². The molecule has 220 valence electrons. The third-order valence-electron chi connectivity index (χ3n) is 8.30. The molecule has 0 heterocycles. The minimum Gasteiger partial charge on any atom is -0.393 e. The first-order chi connectivity index (χ1) is 18.2. The molecular formula is C33H66N2O2. The number of aliphatic hydroxyl groups is 1. The fraction of sp³-hybridized carbons (Fsp3) is 0.970. The molecule has 1 aliphatic rings. The molecule has 0 unspecified atom stereocenters. The Hall–Kier alpha value is -0.610. The van der Waals surface area contributed by atoms with Crippen molar-refractivity contribution in [2.75, 3.05) is 26.2 Å². The molecule has 4 heteroatoms. The van der Waals surface area contributed by atoms with E-state index in [-0.39, 0.29) is 6.10 Å². The normalized spacial score (nSPS) is 17.2. The first-order valence-corrected chi connectivity index (χ1v) is 16.8. The van der Waals surface area contributed by atoms with Gasteiger partial charge in [0.05, 0.1) is 6.10 Å². The Morgan fingerprint density at radius 1 is 0.649 bits per heavy atom. The lowest BCUT2D eigenvalue weighted by atomic mass is 9.82. The Morgan fingerprint density at radius 3 is 1.57 bits per heavy atom. The highest BCUT2D eigenvalue weighted by Gasteiger charge is 2.26. The van der Waals surface area contributed by atoms with Crippen LogP contribution in [0.25, 0.3) is 0 Å². The summed E-state index contributed by atoms with van der Waals surface area (Å²) in [5.74, 6) is 1.11. The van der Waals surface area contributed by atoms with Gasteiger partial charge in [-0.2, -0.15) is 0 Å². The highest BCUT2D eigenvalue weighted by molar-refractivity contribution is 5.76. The Labute approximate surface area is 232 Å². The van der Waals surface area contributed by atoms with Crippen molar-refractivity contribution < 1.29 is 9.90 Å². The average molecular weight is 523 g/mol. The number of amides is 1. The molecule has 0 aliphatic heterocycles. The van der Waals surface area contributed by atoms with Crippen LogP contribution in [-0.4, -0.2) is 48.2 Å². The van der Waals surface area contributed by atoms with Crippen molar-refractivity contribution in [1.82, 2.24) is 10.2 Å². The summed E-state index contributed by atoms with van der Waals surface area (Å²) < 4.78 is 0. The number of rotatable bonds is 28. The average Bonchev–Trinajstić information content (AvgIpc) is 2.88. The van der Waals surface area contributed by atoms with Crippen LogP contribution in [-0.2, 0) is 4.79 Å². The van der Waals surface area contributed by atoms with Gasteiger partial charge < -0.3 is 15.3 Å². The number of hydrogen-bond donors (Lipinski definition) is 2. The van der Waals surface area contributed by atoms with Crippen LogP contribution in [0.5, 0.6) is 0 Å². The summed E-state index contributed by atoms with van der Waals surface area (Å²) in [5.41, 5.74) is 0. The molecule has 0 spiro atoms. The Balaban J connectivity index is 2.12. The summed E-state index contributed by atoms with van der Waals surface area (Å²) in [6.45, 7) is 8.68. The van der Waals surface area contributed by atoms with E-state index in [0.717, 1.165) is 51.9 Å². The van der Waals surface area contributed by atoms with Gasteiger partial charge in [0, 0.05) is 19.5 Å². The van der Waals surface area contributed by atoms with Crippen molar-refractivity contribution in [3.8, 4) is 0 Å². The van der Waals surface area contributed by atoms with E-state index in [0.29, 0.717) is 11.8 Å². The topological polar surface area (TPSA) is 52.6 Å². The Kier molecular flexibility index (Phi) is 23.9. The van der Waals surface area contributed by atoms with E-state index in [9.17, 15) is 9.90 Å². The maximum Gasteiger partial charge on any atom is 0.222 e. The fourth-order valence-corrected chi connectivity index (χ4v) is 5.62. The van der Waals surface area contributed by atoms with Gasteiger partial charge in [0.25, 0.3) is 0 Å². The molecule has 2 N–H and O–H groups in total. The minimum atomic E-state index is -0.0360. The predicted octanol–water partition coefficient (Wildman–Crippen LogP) is 8.80. The number of aliphatic hydroxyl groups excluding tert-OH is 1. The second-order valence-corrected chi connectivity index (χ2v) is 12.0. The van der Waals surface area contributed by atoms with Crippen molar-refractivity contribution in [3.63, 3.8) is 0 Å². The number of hydrogen-bond acceptors (Lipinski definition) is 3. The number of carbonyl (C=O) groups excluding carboxylic acids is 1. The summed E-state index contributed by atoms with van der Waals surface area (Å²) in [4.78, 5) is 15.2. The summed E-state index contributed by atoms with van der Waals surface area (Å²) in [5, 5.41) is 12.9. The van der Waals surface area contributed by atoms with Gasteiger partial charge in [-0.3, -0.25) is 4.79 Å². The van der Waals surface area contributed by atoms with Gasteiger partial charge in [0.1, 0.15) is 0 Å². The zero-order valence-electron chi connectivity index (χ0n) is 25.3. The van der Waals surface area contributed by atoms with Gasteiger partial charge in [-0.05, 0) is 57.5 Å². The maximum atomic E-state index is 13.0. The summed E-state index contributed by atoms with van der Waals surface area (Å²) in [6.07, 6.45) is 29.9. The fourth-order valence-electron chi connectivity index (χ4n) is 5.62. The smallest absolute Gasteiger partial charge is 0.222 e. The molecule has 0 aromatic carbocycles.